The summed E-state index contributed by atoms with van der Waals surface area (Å²) in [6, 6.07) is 6.04. The first kappa shape index (κ1) is 12.6. The molecule has 0 atom stereocenters. The van der Waals surface area contributed by atoms with Gasteiger partial charge in [-0.15, -0.1) is 0 Å². The fourth-order valence-corrected chi connectivity index (χ4v) is 3.00. The third-order valence-electron chi connectivity index (χ3n) is 3.24. The maximum atomic E-state index is 11.9. The molecule has 0 fully saturated rings. The van der Waals surface area contributed by atoms with Crippen molar-refractivity contribution in [2.45, 2.75) is 37.8 Å². The van der Waals surface area contributed by atoms with Gasteiger partial charge in [0.25, 0.3) is 0 Å². The largest absolute Gasteiger partial charge is 0.312 e. The van der Waals surface area contributed by atoms with E-state index in [1.165, 1.54) is 11.1 Å². The van der Waals surface area contributed by atoms with Crippen molar-refractivity contribution in [3.8, 4) is 0 Å². The number of benzene rings is 1. The molecular formula is C13H19NO2S. The Bertz CT molecular complexity index is 506. The summed E-state index contributed by atoms with van der Waals surface area (Å²) in [6.07, 6.45) is 0.991. The van der Waals surface area contributed by atoms with Crippen LogP contribution in [0, 0.1) is 0 Å². The van der Waals surface area contributed by atoms with Crippen LogP contribution >= 0.6 is 0 Å². The van der Waals surface area contributed by atoms with Crippen molar-refractivity contribution in [1.82, 2.24) is 5.32 Å². The van der Waals surface area contributed by atoms with Gasteiger partial charge in [0.15, 0.2) is 9.84 Å². The lowest BCUT2D eigenvalue weighted by atomic mass is 9.99. The van der Waals surface area contributed by atoms with E-state index >= 15 is 0 Å². The van der Waals surface area contributed by atoms with E-state index in [0.717, 1.165) is 25.1 Å². The third-order valence-corrected chi connectivity index (χ3v) is 5.42. The minimum Gasteiger partial charge on any atom is -0.312 e. The number of rotatable bonds is 3. The van der Waals surface area contributed by atoms with Gasteiger partial charge < -0.3 is 5.32 Å². The lowest BCUT2D eigenvalue weighted by molar-refractivity contribution is 0.586. The van der Waals surface area contributed by atoms with Crippen LogP contribution in [0.25, 0.3) is 0 Å². The molecule has 1 aromatic carbocycles. The Morgan fingerprint density at radius 1 is 1.29 bits per heavy atom. The number of hydrogen-bond acceptors (Lipinski definition) is 3. The van der Waals surface area contributed by atoms with Crippen LogP contribution < -0.4 is 5.32 Å². The van der Waals surface area contributed by atoms with Gasteiger partial charge in [-0.2, -0.15) is 0 Å². The molecule has 1 heterocycles. The van der Waals surface area contributed by atoms with Crippen molar-refractivity contribution >= 4 is 9.84 Å². The molecule has 0 spiro atoms. The fourth-order valence-electron chi connectivity index (χ4n) is 2.02. The van der Waals surface area contributed by atoms with Gasteiger partial charge in [0.2, 0.25) is 0 Å². The monoisotopic (exact) mass is 253 g/mol. The number of hydrogen-bond donors (Lipinski definition) is 1. The predicted molar refractivity (Wildman–Crippen MR) is 69.6 cm³/mol. The van der Waals surface area contributed by atoms with Crippen LogP contribution in [0.2, 0.25) is 0 Å². The number of fused-ring (bicyclic) bond motifs is 1. The van der Waals surface area contributed by atoms with Crippen LogP contribution in [0.5, 0.6) is 0 Å². The van der Waals surface area contributed by atoms with Crippen LogP contribution in [0.15, 0.2) is 18.2 Å². The fraction of sp³-hybridized carbons (Fsp3) is 0.538. The van der Waals surface area contributed by atoms with Gasteiger partial charge >= 0.3 is 0 Å². The Morgan fingerprint density at radius 2 is 2.06 bits per heavy atom. The second-order valence-corrected chi connectivity index (χ2v) is 7.44. The van der Waals surface area contributed by atoms with Gasteiger partial charge in [0.1, 0.15) is 0 Å². The van der Waals surface area contributed by atoms with E-state index in [-0.39, 0.29) is 11.0 Å². The molecule has 2 rings (SSSR count). The van der Waals surface area contributed by atoms with Crippen molar-refractivity contribution in [2.75, 3.05) is 6.54 Å². The molecular weight excluding hydrogens is 234 g/mol. The standard InChI is InChI=1S/C13H19NO2S/c1-10(2)17(15,16)9-11-3-4-13-8-14-6-5-12(13)7-11/h3-4,7,10,14H,5-6,8-9H2,1-2H3. The minimum absolute atomic E-state index is 0.158. The highest BCUT2D eigenvalue weighted by molar-refractivity contribution is 7.91. The summed E-state index contributed by atoms with van der Waals surface area (Å²) >= 11 is 0. The quantitative estimate of drug-likeness (QED) is 0.891. The van der Waals surface area contributed by atoms with E-state index in [1.54, 1.807) is 13.8 Å². The van der Waals surface area contributed by atoms with E-state index < -0.39 is 9.84 Å². The summed E-state index contributed by atoms with van der Waals surface area (Å²) in [5.41, 5.74) is 3.50. The molecule has 1 aliphatic rings. The van der Waals surface area contributed by atoms with E-state index in [4.69, 9.17) is 0 Å². The highest BCUT2D eigenvalue weighted by atomic mass is 32.2. The van der Waals surface area contributed by atoms with Crippen molar-refractivity contribution < 1.29 is 8.42 Å². The Balaban J connectivity index is 2.23. The molecule has 0 bridgehead atoms. The molecule has 94 valence electrons. The van der Waals surface area contributed by atoms with E-state index in [1.807, 2.05) is 12.1 Å². The summed E-state index contributed by atoms with van der Waals surface area (Å²) in [5, 5.41) is 3.00. The van der Waals surface area contributed by atoms with E-state index in [0.29, 0.717) is 0 Å². The normalized spacial score (nSPS) is 15.9. The Morgan fingerprint density at radius 3 is 2.76 bits per heavy atom. The maximum Gasteiger partial charge on any atom is 0.156 e. The van der Waals surface area contributed by atoms with Gasteiger partial charge in [0, 0.05) is 6.54 Å². The first-order chi connectivity index (χ1) is 7.99. The first-order valence-electron chi connectivity index (χ1n) is 6.02. The zero-order chi connectivity index (χ0) is 12.5. The summed E-state index contributed by atoms with van der Waals surface area (Å²) in [4.78, 5) is 0. The molecule has 1 N–H and O–H groups in total. The molecule has 0 aromatic heterocycles. The van der Waals surface area contributed by atoms with Gasteiger partial charge in [-0.25, -0.2) is 8.42 Å². The van der Waals surface area contributed by atoms with Crippen LogP contribution in [0.3, 0.4) is 0 Å². The van der Waals surface area contributed by atoms with Crippen LogP contribution in [0.1, 0.15) is 30.5 Å². The Kier molecular flexibility index (Phi) is 3.54. The predicted octanol–water partition coefficient (Wildman–Crippen LogP) is 1.66. The van der Waals surface area contributed by atoms with Crippen LogP contribution in [-0.2, 0) is 28.6 Å². The second-order valence-electron chi connectivity index (χ2n) is 4.89. The van der Waals surface area contributed by atoms with Crippen molar-refractivity contribution in [1.29, 1.82) is 0 Å². The molecule has 0 aliphatic carbocycles. The zero-order valence-corrected chi connectivity index (χ0v) is 11.2. The molecule has 0 amide bonds. The lowest BCUT2D eigenvalue weighted by Gasteiger charge is -2.18. The van der Waals surface area contributed by atoms with Gasteiger partial charge in [-0.3, -0.25) is 0 Å². The van der Waals surface area contributed by atoms with Gasteiger partial charge in [-0.1, -0.05) is 18.2 Å². The van der Waals surface area contributed by atoms with E-state index in [9.17, 15) is 8.42 Å². The average Bonchev–Trinajstić information content (AvgIpc) is 2.28. The second kappa shape index (κ2) is 4.78. The average molecular weight is 253 g/mol. The SMILES string of the molecule is CC(C)S(=O)(=O)Cc1ccc2c(c1)CCNC2. The number of nitrogens with one attached hydrogen (secondary N) is 1. The van der Waals surface area contributed by atoms with Gasteiger partial charge in [0.05, 0.1) is 11.0 Å². The lowest BCUT2D eigenvalue weighted by Crippen LogP contribution is -2.24. The third kappa shape index (κ3) is 2.87. The smallest absolute Gasteiger partial charge is 0.156 e. The highest BCUT2D eigenvalue weighted by Crippen LogP contribution is 2.18. The van der Waals surface area contributed by atoms with E-state index in [2.05, 4.69) is 11.4 Å². The summed E-state index contributed by atoms with van der Waals surface area (Å²) in [7, 11) is -2.99. The minimum atomic E-state index is -2.99. The Labute approximate surface area is 103 Å². The van der Waals surface area contributed by atoms with Crippen molar-refractivity contribution in [3.63, 3.8) is 0 Å². The highest BCUT2D eigenvalue weighted by Gasteiger charge is 2.18. The molecule has 3 nitrogen and oxygen atoms in total. The topological polar surface area (TPSA) is 46.2 Å². The molecule has 0 saturated heterocycles. The number of sulfone groups is 1. The molecule has 4 heteroatoms. The molecule has 0 saturated carbocycles. The van der Waals surface area contributed by atoms with Gasteiger partial charge in [-0.05, 0) is 43.5 Å². The molecule has 0 unspecified atom stereocenters. The maximum absolute atomic E-state index is 11.9. The molecule has 0 radical (unpaired) electrons. The van der Waals surface area contributed by atoms with Crippen molar-refractivity contribution in [2.24, 2.45) is 0 Å². The first-order valence-corrected chi connectivity index (χ1v) is 7.73. The Hall–Kier alpha value is -0.870. The molecule has 17 heavy (non-hydrogen) atoms. The van der Waals surface area contributed by atoms with Crippen molar-refractivity contribution in [3.05, 3.63) is 34.9 Å². The van der Waals surface area contributed by atoms with Crippen LogP contribution in [-0.4, -0.2) is 20.2 Å². The summed E-state index contributed by atoms with van der Waals surface area (Å²) in [6.45, 7) is 5.34. The van der Waals surface area contributed by atoms with Crippen LogP contribution in [0.4, 0.5) is 0 Å². The zero-order valence-electron chi connectivity index (χ0n) is 10.4. The summed E-state index contributed by atoms with van der Waals surface area (Å²) < 4.78 is 23.7. The summed E-state index contributed by atoms with van der Waals surface area (Å²) in [5.74, 6) is 0.158. The molecule has 1 aromatic rings. The molecule has 1 aliphatic heterocycles.